The summed E-state index contributed by atoms with van der Waals surface area (Å²) in [5.74, 6) is -0.375. The summed E-state index contributed by atoms with van der Waals surface area (Å²) in [4.78, 5) is 44.9. The number of amides is 3. The topological polar surface area (TPSA) is 109 Å². The van der Waals surface area contributed by atoms with Crippen molar-refractivity contribution in [2.24, 2.45) is 11.3 Å². The molecule has 146 valence electrons. The quantitative estimate of drug-likeness (QED) is 0.752. The van der Waals surface area contributed by atoms with E-state index in [4.69, 9.17) is 5.73 Å². The minimum absolute atomic E-state index is 0.118. The smallest absolute Gasteiger partial charge is 0.313 e. The van der Waals surface area contributed by atoms with Crippen LogP contribution in [0.1, 0.15) is 32.8 Å². The maximum Gasteiger partial charge on any atom is 0.313 e. The van der Waals surface area contributed by atoms with E-state index in [-0.39, 0.29) is 17.4 Å². The molecule has 2 fully saturated rings. The molecule has 3 atom stereocenters. The molecule has 3 unspecified atom stereocenters. The van der Waals surface area contributed by atoms with Crippen molar-refractivity contribution in [2.45, 2.75) is 40.2 Å². The van der Waals surface area contributed by atoms with Crippen molar-refractivity contribution < 1.29 is 14.4 Å². The third-order valence-electron chi connectivity index (χ3n) is 5.89. The minimum atomic E-state index is -0.712. The predicted molar refractivity (Wildman–Crippen MR) is 102 cm³/mol. The fraction of sp³-hybridized carbons (Fsp3) is 0.579. The van der Waals surface area contributed by atoms with Crippen LogP contribution in [-0.2, 0) is 14.4 Å². The molecule has 2 aliphatic rings. The number of aromatic nitrogens is 1. The van der Waals surface area contributed by atoms with E-state index in [1.165, 1.54) is 11.1 Å². The van der Waals surface area contributed by atoms with Gasteiger partial charge in [-0.3, -0.25) is 14.4 Å². The molecular formula is C19H27N5O3. The number of anilines is 2. The van der Waals surface area contributed by atoms with Gasteiger partial charge in [-0.15, -0.1) is 0 Å². The van der Waals surface area contributed by atoms with Gasteiger partial charge in [0.1, 0.15) is 5.82 Å². The number of carbonyl (C=O) groups is 3. The van der Waals surface area contributed by atoms with Crippen LogP contribution in [0.3, 0.4) is 0 Å². The average molecular weight is 373 g/mol. The standard InChI is InChI=1S/C19H27N5O3/c1-11-7-14(9-21-15(11)20)22-16(25)17(26)23-5-6-24(13(3)10-23)18(27)19(4)8-12(19)2/h7,9,12-13H,5-6,8,10H2,1-4H3,(H2,20,21)(H,22,25). The highest BCUT2D eigenvalue weighted by Gasteiger charge is 2.55. The Bertz CT molecular complexity index is 796. The van der Waals surface area contributed by atoms with Crippen LogP contribution < -0.4 is 11.1 Å². The van der Waals surface area contributed by atoms with Gasteiger partial charge in [-0.2, -0.15) is 0 Å². The Labute approximate surface area is 159 Å². The second-order valence-corrected chi connectivity index (χ2v) is 8.00. The summed E-state index contributed by atoms with van der Waals surface area (Å²) in [7, 11) is 0. The molecular weight excluding hydrogens is 346 g/mol. The van der Waals surface area contributed by atoms with Crippen LogP contribution >= 0.6 is 0 Å². The SMILES string of the molecule is Cc1cc(NC(=O)C(=O)N2CCN(C(=O)C3(C)CC3C)C(C)C2)cnc1N. The third-order valence-corrected chi connectivity index (χ3v) is 5.89. The van der Waals surface area contributed by atoms with E-state index >= 15 is 0 Å². The van der Waals surface area contributed by atoms with Crippen LogP contribution in [-0.4, -0.2) is 58.2 Å². The van der Waals surface area contributed by atoms with Crippen molar-refractivity contribution in [1.29, 1.82) is 0 Å². The molecule has 0 spiro atoms. The molecule has 3 amide bonds. The van der Waals surface area contributed by atoms with Crippen LogP contribution in [0.4, 0.5) is 11.5 Å². The molecule has 1 aromatic heterocycles. The highest BCUT2D eigenvalue weighted by molar-refractivity contribution is 6.39. The normalized spacial score (nSPS) is 27.3. The monoisotopic (exact) mass is 373 g/mol. The van der Waals surface area contributed by atoms with Crippen LogP contribution in [0.15, 0.2) is 12.3 Å². The summed E-state index contributed by atoms with van der Waals surface area (Å²) in [6.07, 6.45) is 2.33. The summed E-state index contributed by atoms with van der Waals surface area (Å²) < 4.78 is 0. The highest BCUT2D eigenvalue weighted by atomic mass is 16.2. The summed E-state index contributed by atoms with van der Waals surface area (Å²) in [5.41, 5.74) is 6.55. The number of nitrogens with two attached hydrogens (primary N) is 1. The molecule has 8 heteroatoms. The number of aryl methyl sites for hydroxylation is 1. The number of carbonyl (C=O) groups excluding carboxylic acids is 3. The van der Waals surface area contributed by atoms with E-state index in [1.807, 2.05) is 18.7 Å². The summed E-state index contributed by atoms with van der Waals surface area (Å²) in [5, 5.41) is 2.57. The van der Waals surface area contributed by atoms with Gasteiger partial charge in [0.05, 0.1) is 11.9 Å². The lowest BCUT2D eigenvalue weighted by Crippen LogP contribution is -2.58. The molecule has 1 saturated carbocycles. The van der Waals surface area contributed by atoms with Gasteiger partial charge in [-0.1, -0.05) is 13.8 Å². The maximum atomic E-state index is 12.7. The minimum Gasteiger partial charge on any atom is -0.383 e. The van der Waals surface area contributed by atoms with E-state index in [1.54, 1.807) is 13.0 Å². The van der Waals surface area contributed by atoms with Gasteiger partial charge in [0.25, 0.3) is 0 Å². The van der Waals surface area contributed by atoms with E-state index in [0.29, 0.717) is 37.1 Å². The van der Waals surface area contributed by atoms with Crippen LogP contribution in [0, 0.1) is 18.3 Å². The molecule has 1 aromatic rings. The Balaban J connectivity index is 1.59. The Hall–Kier alpha value is -2.64. The number of hydrogen-bond donors (Lipinski definition) is 2. The molecule has 0 radical (unpaired) electrons. The number of piperazine rings is 1. The second kappa shape index (κ2) is 6.83. The molecule has 0 bridgehead atoms. The molecule has 27 heavy (non-hydrogen) atoms. The molecule has 1 aliphatic heterocycles. The first-order valence-electron chi connectivity index (χ1n) is 9.27. The maximum absolute atomic E-state index is 12.7. The van der Waals surface area contributed by atoms with Crippen molar-refractivity contribution >= 4 is 29.2 Å². The Morgan fingerprint density at radius 3 is 2.52 bits per heavy atom. The number of rotatable bonds is 2. The van der Waals surface area contributed by atoms with Crippen molar-refractivity contribution in [3.05, 3.63) is 17.8 Å². The van der Waals surface area contributed by atoms with E-state index in [9.17, 15) is 14.4 Å². The van der Waals surface area contributed by atoms with Crippen molar-refractivity contribution in [1.82, 2.24) is 14.8 Å². The summed E-state index contributed by atoms with van der Waals surface area (Å²) >= 11 is 0. The van der Waals surface area contributed by atoms with Crippen LogP contribution in [0.2, 0.25) is 0 Å². The van der Waals surface area contributed by atoms with Crippen LogP contribution in [0.5, 0.6) is 0 Å². The number of nitrogen functional groups attached to an aromatic ring is 1. The van der Waals surface area contributed by atoms with E-state index in [2.05, 4.69) is 17.2 Å². The summed E-state index contributed by atoms with van der Waals surface area (Å²) in [6.45, 7) is 8.93. The fourth-order valence-electron chi connectivity index (χ4n) is 3.63. The first-order chi connectivity index (χ1) is 12.6. The van der Waals surface area contributed by atoms with Crippen molar-refractivity contribution in [3.63, 3.8) is 0 Å². The first-order valence-corrected chi connectivity index (χ1v) is 9.27. The average Bonchev–Trinajstić information content (AvgIpc) is 3.24. The zero-order valence-electron chi connectivity index (χ0n) is 16.3. The second-order valence-electron chi connectivity index (χ2n) is 8.00. The third kappa shape index (κ3) is 3.61. The molecule has 3 N–H and O–H groups in total. The lowest BCUT2D eigenvalue weighted by molar-refractivity contribution is -0.149. The van der Waals surface area contributed by atoms with Crippen molar-refractivity contribution in [3.8, 4) is 0 Å². The van der Waals surface area contributed by atoms with Gasteiger partial charge in [-0.25, -0.2) is 4.98 Å². The molecule has 1 saturated heterocycles. The molecule has 0 aromatic carbocycles. The largest absolute Gasteiger partial charge is 0.383 e. The summed E-state index contributed by atoms with van der Waals surface area (Å²) in [6, 6.07) is 1.55. The lowest BCUT2D eigenvalue weighted by Gasteiger charge is -2.41. The Kier molecular flexibility index (Phi) is 4.84. The number of nitrogens with zero attached hydrogens (tertiary/aromatic N) is 3. The zero-order valence-corrected chi connectivity index (χ0v) is 16.3. The number of pyridine rings is 1. The lowest BCUT2D eigenvalue weighted by atomic mass is 10.0. The zero-order chi connectivity index (χ0) is 19.9. The van der Waals surface area contributed by atoms with Gasteiger partial charge in [0, 0.05) is 31.1 Å². The number of nitrogens with one attached hydrogen (secondary N) is 1. The van der Waals surface area contributed by atoms with E-state index < -0.39 is 11.8 Å². The molecule has 1 aliphatic carbocycles. The van der Waals surface area contributed by atoms with Gasteiger partial charge in [0.15, 0.2) is 0 Å². The molecule has 3 rings (SSSR count). The fourth-order valence-corrected chi connectivity index (χ4v) is 3.63. The molecule has 2 heterocycles. The Morgan fingerprint density at radius 2 is 1.96 bits per heavy atom. The number of hydrogen-bond acceptors (Lipinski definition) is 5. The van der Waals surface area contributed by atoms with Crippen LogP contribution in [0.25, 0.3) is 0 Å². The first kappa shape index (κ1) is 19.1. The van der Waals surface area contributed by atoms with Gasteiger partial charge >= 0.3 is 11.8 Å². The van der Waals surface area contributed by atoms with Gasteiger partial charge < -0.3 is 20.9 Å². The van der Waals surface area contributed by atoms with Gasteiger partial charge in [0.2, 0.25) is 5.91 Å². The van der Waals surface area contributed by atoms with E-state index in [0.717, 1.165) is 12.0 Å². The van der Waals surface area contributed by atoms with Gasteiger partial charge in [-0.05, 0) is 37.8 Å². The predicted octanol–water partition coefficient (Wildman–Crippen LogP) is 1.02. The molecule has 8 nitrogen and oxygen atoms in total. The Morgan fingerprint density at radius 1 is 1.30 bits per heavy atom. The van der Waals surface area contributed by atoms with Crippen molar-refractivity contribution in [2.75, 3.05) is 30.7 Å². The highest BCUT2D eigenvalue weighted by Crippen LogP contribution is 2.53.